The molecule has 0 heterocycles. The fraction of sp³-hybridized carbons (Fsp3) is 0.273. The van der Waals surface area contributed by atoms with Crippen molar-refractivity contribution >= 4 is 12.3 Å². The molecule has 6 heteroatoms. The summed E-state index contributed by atoms with van der Waals surface area (Å²) in [5.41, 5.74) is -0.312. The van der Waals surface area contributed by atoms with E-state index in [0.717, 1.165) is 7.11 Å². The highest BCUT2D eigenvalue weighted by Gasteiger charge is 2.42. The van der Waals surface area contributed by atoms with Crippen molar-refractivity contribution in [2.24, 2.45) is 0 Å². The topological polar surface area (TPSA) is 104 Å². The quantitative estimate of drug-likeness (QED) is 0.360. The zero-order chi connectivity index (χ0) is 13.1. The molecule has 92 valence electrons. The molecule has 1 aromatic carbocycles. The number of aliphatic hydroxyl groups is 3. The maximum absolute atomic E-state index is 11.1. The van der Waals surface area contributed by atoms with Crippen LogP contribution in [-0.2, 0) is 15.3 Å². The van der Waals surface area contributed by atoms with Gasteiger partial charge in [0.15, 0.2) is 6.29 Å². The Labute approximate surface area is 97.1 Å². The molecule has 0 saturated carbocycles. The summed E-state index contributed by atoms with van der Waals surface area (Å²) in [4.78, 5) is 21.8. The Morgan fingerprint density at radius 3 is 2.53 bits per heavy atom. The van der Waals surface area contributed by atoms with Gasteiger partial charge >= 0.3 is 5.97 Å². The molecule has 0 amide bonds. The van der Waals surface area contributed by atoms with Crippen molar-refractivity contribution in [3.8, 4) is 0 Å². The molecule has 1 aromatic rings. The van der Waals surface area contributed by atoms with Crippen LogP contribution >= 0.6 is 0 Å². The number of ether oxygens (including phenoxy) is 1. The fourth-order valence-electron chi connectivity index (χ4n) is 1.36. The molecule has 0 aliphatic carbocycles. The second kappa shape index (κ2) is 5.05. The standard InChI is InChI=1S/C11H12O6/c1-17-10(14)9(13)11(15,16)8-5-3-2-4-7(8)6-12/h2-6,9,13,15-16H,1H3. The van der Waals surface area contributed by atoms with Gasteiger partial charge in [0.05, 0.1) is 7.11 Å². The number of hydrogen-bond acceptors (Lipinski definition) is 6. The second-order valence-electron chi connectivity index (χ2n) is 3.36. The van der Waals surface area contributed by atoms with Gasteiger partial charge in [0.2, 0.25) is 11.9 Å². The molecule has 1 unspecified atom stereocenters. The largest absolute Gasteiger partial charge is 0.467 e. The van der Waals surface area contributed by atoms with Crippen molar-refractivity contribution in [1.29, 1.82) is 0 Å². The number of esters is 1. The van der Waals surface area contributed by atoms with Crippen LogP contribution in [0.3, 0.4) is 0 Å². The highest BCUT2D eigenvalue weighted by atomic mass is 16.6. The number of hydrogen-bond donors (Lipinski definition) is 3. The fourth-order valence-corrected chi connectivity index (χ4v) is 1.36. The third-order valence-electron chi connectivity index (χ3n) is 2.29. The molecule has 17 heavy (non-hydrogen) atoms. The van der Waals surface area contributed by atoms with E-state index in [4.69, 9.17) is 0 Å². The molecular weight excluding hydrogens is 228 g/mol. The van der Waals surface area contributed by atoms with E-state index in [1.165, 1.54) is 24.3 Å². The molecule has 1 rings (SSSR count). The van der Waals surface area contributed by atoms with Crippen molar-refractivity contribution in [2.75, 3.05) is 7.11 Å². The van der Waals surface area contributed by atoms with Gasteiger partial charge in [-0.05, 0) is 0 Å². The number of benzene rings is 1. The Hall–Kier alpha value is -1.76. The number of methoxy groups -OCH3 is 1. The van der Waals surface area contributed by atoms with Crippen LogP contribution in [0.15, 0.2) is 24.3 Å². The second-order valence-corrected chi connectivity index (χ2v) is 3.36. The lowest BCUT2D eigenvalue weighted by Crippen LogP contribution is -2.45. The van der Waals surface area contributed by atoms with Crippen LogP contribution in [0.1, 0.15) is 15.9 Å². The molecule has 3 N–H and O–H groups in total. The van der Waals surface area contributed by atoms with Crippen molar-refractivity contribution in [3.63, 3.8) is 0 Å². The minimum atomic E-state index is -2.88. The summed E-state index contributed by atoms with van der Waals surface area (Å²) in [5.74, 6) is -4.10. The van der Waals surface area contributed by atoms with Gasteiger partial charge < -0.3 is 20.1 Å². The Kier molecular flexibility index (Phi) is 3.95. The minimum absolute atomic E-state index is 0.0412. The summed E-state index contributed by atoms with van der Waals surface area (Å²) in [6.45, 7) is 0. The van der Waals surface area contributed by atoms with Crippen LogP contribution in [0.2, 0.25) is 0 Å². The van der Waals surface area contributed by atoms with Crippen molar-refractivity contribution in [1.82, 2.24) is 0 Å². The zero-order valence-electron chi connectivity index (χ0n) is 9.03. The highest BCUT2D eigenvalue weighted by molar-refractivity contribution is 5.80. The minimum Gasteiger partial charge on any atom is -0.467 e. The molecular formula is C11H12O6. The lowest BCUT2D eigenvalue weighted by molar-refractivity contribution is -0.239. The molecule has 0 saturated heterocycles. The Morgan fingerprint density at radius 2 is 2.00 bits per heavy atom. The summed E-state index contributed by atoms with van der Waals surface area (Å²) in [5, 5.41) is 28.9. The van der Waals surface area contributed by atoms with Gasteiger partial charge in [0.25, 0.3) is 0 Å². The first-order chi connectivity index (χ1) is 7.95. The Bertz CT molecular complexity index is 426. The first-order valence-corrected chi connectivity index (χ1v) is 4.70. The van der Waals surface area contributed by atoms with Gasteiger partial charge in [0, 0.05) is 11.1 Å². The SMILES string of the molecule is COC(=O)C(O)C(O)(O)c1ccccc1C=O. The molecule has 0 aliphatic heterocycles. The van der Waals surface area contributed by atoms with E-state index in [1.54, 1.807) is 0 Å². The van der Waals surface area contributed by atoms with Crippen LogP contribution in [0.5, 0.6) is 0 Å². The number of aliphatic hydroxyl groups excluding tert-OH is 1. The number of aldehydes is 1. The highest BCUT2D eigenvalue weighted by Crippen LogP contribution is 2.25. The van der Waals surface area contributed by atoms with Gasteiger partial charge in [-0.1, -0.05) is 24.3 Å². The van der Waals surface area contributed by atoms with Crippen LogP contribution in [0.4, 0.5) is 0 Å². The smallest absolute Gasteiger partial charge is 0.340 e. The van der Waals surface area contributed by atoms with E-state index in [-0.39, 0.29) is 11.1 Å². The summed E-state index contributed by atoms with van der Waals surface area (Å²) in [6, 6.07) is 5.49. The molecule has 0 bridgehead atoms. The average molecular weight is 240 g/mol. The summed E-state index contributed by atoms with van der Waals surface area (Å²) < 4.78 is 4.20. The van der Waals surface area contributed by atoms with Crippen LogP contribution in [0, 0.1) is 0 Å². The first kappa shape index (κ1) is 13.3. The lowest BCUT2D eigenvalue weighted by Gasteiger charge is -2.26. The Balaban J connectivity index is 3.20. The van der Waals surface area contributed by atoms with E-state index in [2.05, 4.69) is 4.74 Å². The van der Waals surface area contributed by atoms with E-state index >= 15 is 0 Å². The molecule has 1 atom stereocenters. The maximum Gasteiger partial charge on any atom is 0.340 e. The molecule has 0 aliphatic rings. The first-order valence-electron chi connectivity index (χ1n) is 4.70. The summed E-state index contributed by atoms with van der Waals surface area (Å²) in [7, 11) is 0.993. The van der Waals surface area contributed by atoms with Gasteiger partial charge in [-0.15, -0.1) is 0 Å². The average Bonchev–Trinajstić information content (AvgIpc) is 2.36. The number of carbonyl (C=O) groups excluding carboxylic acids is 2. The van der Waals surface area contributed by atoms with Crippen LogP contribution in [-0.4, -0.2) is 40.8 Å². The third-order valence-corrected chi connectivity index (χ3v) is 2.29. The van der Waals surface area contributed by atoms with Crippen LogP contribution < -0.4 is 0 Å². The van der Waals surface area contributed by atoms with Gasteiger partial charge in [-0.2, -0.15) is 0 Å². The van der Waals surface area contributed by atoms with Gasteiger partial charge in [-0.3, -0.25) is 4.79 Å². The third kappa shape index (κ3) is 2.50. The van der Waals surface area contributed by atoms with E-state index in [9.17, 15) is 24.9 Å². The molecule has 6 nitrogen and oxygen atoms in total. The van der Waals surface area contributed by atoms with Crippen molar-refractivity contribution in [2.45, 2.75) is 11.9 Å². The van der Waals surface area contributed by atoms with E-state index < -0.39 is 17.9 Å². The zero-order valence-corrected chi connectivity index (χ0v) is 9.03. The molecule has 0 aromatic heterocycles. The monoisotopic (exact) mass is 240 g/mol. The van der Waals surface area contributed by atoms with Gasteiger partial charge in [-0.25, -0.2) is 4.79 Å². The maximum atomic E-state index is 11.1. The molecule has 0 spiro atoms. The van der Waals surface area contributed by atoms with Gasteiger partial charge in [0.1, 0.15) is 0 Å². The molecule has 0 radical (unpaired) electrons. The normalized spacial score (nSPS) is 12.9. The molecule has 0 fully saturated rings. The number of carbonyl (C=O) groups is 2. The lowest BCUT2D eigenvalue weighted by atomic mass is 9.95. The van der Waals surface area contributed by atoms with E-state index in [1.807, 2.05) is 0 Å². The van der Waals surface area contributed by atoms with Crippen molar-refractivity contribution < 1.29 is 29.6 Å². The summed E-state index contributed by atoms with van der Waals surface area (Å²) >= 11 is 0. The predicted octanol–water partition coefficient (Wildman–Crippen LogP) is -0.830. The van der Waals surface area contributed by atoms with E-state index in [0.29, 0.717) is 6.29 Å². The number of rotatable bonds is 4. The summed E-state index contributed by atoms with van der Waals surface area (Å²) in [6.07, 6.45) is -1.81. The Morgan fingerprint density at radius 1 is 1.41 bits per heavy atom. The predicted molar refractivity (Wildman–Crippen MR) is 56.0 cm³/mol. The van der Waals surface area contributed by atoms with Crippen LogP contribution in [0.25, 0.3) is 0 Å². The van der Waals surface area contributed by atoms with Crippen molar-refractivity contribution in [3.05, 3.63) is 35.4 Å².